The van der Waals surface area contributed by atoms with Gasteiger partial charge in [0.25, 0.3) is 5.91 Å². The smallest absolute Gasteiger partial charge is 0.251 e. The SMILES string of the molecule is CCCN(CCNC(=O)c1ccc2[nH]nc(-c3ccnc(C)c3)c2c1)Cc1ccccc1F. The number of fused-ring (bicyclic) bond motifs is 1. The van der Waals surface area contributed by atoms with Crippen LogP contribution in [0.2, 0.25) is 0 Å². The van der Waals surface area contributed by atoms with Gasteiger partial charge in [0.2, 0.25) is 0 Å². The fourth-order valence-corrected chi connectivity index (χ4v) is 3.95. The number of H-pyrrole nitrogens is 1. The van der Waals surface area contributed by atoms with Crippen molar-refractivity contribution in [3.8, 4) is 11.3 Å². The van der Waals surface area contributed by atoms with E-state index in [2.05, 4.69) is 32.3 Å². The lowest BCUT2D eigenvalue weighted by Crippen LogP contribution is -2.35. The molecule has 0 aliphatic rings. The van der Waals surface area contributed by atoms with Gasteiger partial charge < -0.3 is 5.32 Å². The van der Waals surface area contributed by atoms with Crippen LogP contribution in [-0.2, 0) is 6.54 Å². The zero-order valence-electron chi connectivity index (χ0n) is 18.9. The first-order valence-corrected chi connectivity index (χ1v) is 11.2. The summed E-state index contributed by atoms with van der Waals surface area (Å²) < 4.78 is 14.0. The number of aromatic amines is 1. The van der Waals surface area contributed by atoms with Crippen molar-refractivity contribution < 1.29 is 9.18 Å². The number of aromatic nitrogens is 3. The topological polar surface area (TPSA) is 73.9 Å². The van der Waals surface area contributed by atoms with Crippen molar-refractivity contribution in [3.63, 3.8) is 0 Å². The van der Waals surface area contributed by atoms with Gasteiger partial charge in [-0.15, -0.1) is 0 Å². The molecule has 2 aromatic heterocycles. The number of nitrogens with one attached hydrogen (secondary N) is 2. The molecule has 4 aromatic rings. The summed E-state index contributed by atoms with van der Waals surface area (Å²) >= 11 is 0. The summed E-state index contributed by atoms with van der Waals surface area (Å²) in [5, 5.41) is 11.4. The highest BCUT2D eigenvalue weighted by molar-refractivity contribution is 6.01. The monoisotopic (exact) mass is 445 g/mol. The summed E-state index contributed by atoms with van der Waals surface area (Å²) in [6.07, 6.45) is 2.71. The maximum absolute atomic E-state index is 14.0. The number of halogens is 1. The van der Waals surface area contributed by atoms with E-state index < -0.39 is 0 Å². The summed E-state index contributed by atoms with van der Waals surface area (Å²) in [6, 6.07) is 16.2. The first-order valence-electron chi connectivity index (χ1n) is 11.2. The van der Waals surface area contributed by atoms with Gasteiger partial charge in [0.1, 0.15) is 11.5 Å². The first-order chi connectivity index (χ1) is 16.0. The van der Waals surface area contributed by atoms with Crippen molar-refractivity contribution in [2.75, 3.05) is 19.6 Å². The molecule has 0 radical (unpaired) electrons. The summed E-state index contributed by atoms with van der Waals surface area (Å²) in [5.41, 5.74) is 4.77. The lowest BCUT2D eigenvalue weighted by atomic mass is 10.1. The van der Waals surface area contributed by atoms with E-state index in [4.69, 9.17) is 0 Å². The number of pyridine rings is 1. The summed E-state index contributed by atoms with van der Waals surface area (Å²) in [4.78, 5) is 19.2. The Balaban J connectivity index is 1.43. The fraction of sp³-hybridized carbons (Fsp3) is 0.269. The number of benzene rings is 2. The minimum absolute atomic E-state index is 0.141. The lowest BCUT2D eigenvalue weighted by molar-refractivity contribution is 0.0948. The van der Waals surface area contributed by atoms with E-state index in [-0.39, 0.29) is 11.7 Å². The first kappa shape index (κ1) is 22.6. The minimum atomic E-state index is -0.198. The van der Waals surface area contributed by atoms with E-state index in [0.29, 0.717) is 30.8 Å². The number of carbonyl (C=O) groups is 1. The maximum Gasteiger partial charge on any atom is 0.251 e. The largest absolute Gasteiger partial charge is 0.351 e. The summed E-state index contributed by atoms with van der Waals surface area (Å²) in [5.74, 6) is -0.339. The molecule has 170 valence electrons. The van der Waals surface area contributed by atoms with Crippen LogP contribution in [0.1, 0.15) is 35.0 Å². The van der Waals surface area contributed by atoms with Gasteiger partial charge in [-0.25, -0.2) is 4.39 Å². The van der Waals surface area contributed by atoms with Crippen LogP contribution in [0.3, 0.4) is 0 Å². The van der Waals surface area contributed by atoms with Gasteiger partial charge in [-0.05, 0) is 56.3 Å². The molecule has 0 fully saturated rings. The number of rotatable bonds is 9. The van der Waals surface area contributed by atoms with Crippen LogP contribution < -0.4 is 5.32 Å². The van der Waals surface area contributed by atoms with Crippen LogP contribution in [0.15, 0.2) is 60.8 Å². The third kappa shape index (κ3) is 5.43. The van der Waals surface area contributed by atoms with Crippen molar-refractivity contribution in [2.24, 2.45) is 0 Å². The number of amides is 1. The number of hydrogen-bond donors (Lipinski definition) is 2. The molecular formula is C26H28FN5O. The van der Waals surface area contributed by atoms with Crippen molar-refractivity contribution in [2.45, 2.75) is 26.8 Å². The van der Waals surface area contributed by atoms with E-state index >= 15 is 0 Å². The van der Waals surface area contributed by atoms with E-state index in [1.165, 1.54) is 6.07 Å². The quantitative estimate of drug-likeness (QED) is 0.391. The van der Waals surface area contributed by atoms with Gasteiger partial charge in [-0.3, -0.25) is 19.8 Å². The molecule has 0 spiro atoms. The van der Waals surface area contributed by atoms with Crippen LogP contribution in [0, 0.1) is 12.7 Å². The molecule has 0 bridgehead atoms. The predicted molar refractivity (Wildman–Crippen MR) is 128 cm³/mol. The Labute approximate surface area is 192 Å². The molecule has 0 saturated heterocycles. The van der Waals surface area contributed by atoms with Crippen LogP contribution in [0.5, 0.6) is 0 Å². The number of carbonyl (C=O) groups excluding carboxylic acids is 1. The molecule has 2 N–H and O–H groups in total. The van der Waals surface area contributed by atoms with Crippen molar-refractivity contribution in [1.29, 1.82) is 0 Å². The molecule has 7 heteroatoms. The minimum Gasteiger partial charge on any atom is -0.351 e. The Hall–Kier alpha value is -3.58. The van der Waals surface area contributed by atoms with Crippen LogP contribution in [0.25, 0.3) is 22.2 Å². The average Bonchev–Trinajstić information content (AvgIpc) is 3.24. The Bertz CT molecular complexity index is 1250. The Morgan fingerprint density at radius 2 is 1.97 bits per heavy atom. The van der Waals surface area contributed by atoms with Crippen molar-refractivity contribution in [3.05, 3.63) is 83.4 Å². The average molecular weight is 446 g/mol. The normalized spacial score (nSPS) is 11.3. The van der Waals surface area contributed by atoms with Gasteiger partial charge in [0, 0.05) is 53.6 Å². The van der Waals surface area contributed by atoms with E-state index in [1.54, 1.807) is 24.4 Å². The second-order valence-electron chi connectivity index (χ2n) is 8.14. The molecule has 0 atom stereocenters. The number of nitrogens with zero attached hydrogens (tertiary/aromatic N) is 3. The molecule has 0 unspecified atom stereocenters. The maximum atomic E-state index is 14.0. The van der Waals surface area contributed by atoms with Gasteiger partial charge in [0.15, 0.2) is 0 Å². The molecule has 33 heavy (non-hydrogen) atoms. The van der Waals surface area contributed by atoms with Gasteiger partial charge in [0.05, 0.1) is 5.52 Å². The number of aryl methyl sites for hydroxylation is 1. The van der Waals surface area contributed by atoms with Crippen LogP contribution >= 0.6 is 0 Å². The van der Waals surface area contributed by atoms with Crippen LogP contribution in [0.4, 0.5) is 4.39 Å². The third-order valence-corrected chi connectivity index (χ3v) is 5.60. The third-order valence-electron chi connectivity index (χ3n) is 5.60. The highest BCUT2D eigenvalue weighted by atomic mass is 19.1. The molecule has 1 amide bonds. The molecule has 0 saturated carbocycles. The highest BCUT2D eigenvalue weighted by Crippen LogP contribution is 2.27. The molecule has 0 aliphatic heterocycles. The predicted octanol–water partition coefficient (Wildman–Crippen LogP) is 4.71. The van der Waals surface area contributed by atoms with Gasteiger partial charge >= 0.3 is 0 Å². The van der Waals surface area contributed by atoms with Crippen molar-refractivity contribution in [1.82, 2.24) is 25.4 Å². The highest BCUT2D eigenvalue weighted by Gasteiger charge is 2.13. The van der Waals surface area contributed by atoms with Gasteiger partial charge in [-0.2, -0.15) is 5.10 Å². The second-order valence-corrected chi connectivity index (χ2v) is 8.14. The second kappa shape index (κ2) is 10.4. The molecule has 4 rings (SSSR count). The lowest BCUT2D eigenvalue weighted by Gasteiger charge is -2.22. The summed E-state index contributed by atoms with van der Waals surface area (Å²) in [6.45, 7) is 6.50. The Morgan fingerprint density at radius 3 is 2.76 bits per heavy atom. The molecule has 2 heterocycles. The molecule has 6 nitrogen and oxygen atoms in total. The summed E-state index contributed by atoms with van der Waals surface area (Å²) in [7, 11) is 0. The van der Waals surface area contributed by atoms with Crippen LogP contribution in [-0.4, -0.2) is 45.6 Å². The van der Waals surface area contributed by atoms with Gasteiger partial charge in [-0.1, -0.05) is 25.1 Å². The molecular weight excluding hydrogens is 417 g/mol. The molecule has 0 aliphatic carbocycles. The number of hydrogen-bond acceptors (Lipinski definition) is 4. The zero-order chi connectivity index (χ0) is 23.2. The standard InChI is InChI=1S/C26H28FN5O/c1-3-13-32(17-21-6-4-5-7-23(21)27)14-12-29-26(33)20-8-9-24-22(16-20)25(31-30-24)19-10-11-28-18(2)15-19/h4-11,15-16H,3,12-14,17H2,1-2H3,(H,29,33)(H,30,31). The fourth-order valence-electron chi connectivity index (χ4n) is 3.95. The zero-order valence-corrected chi connectivity index (χ0v) is 18.9. The molecule has 2 aromatic carbocycles. The van der Waals surface area contributed by atoms with E-state index in [9.17, 15) is 9.18 Å². The van der Waals surface area contributed by atoms with Crippen molar-refractivity contribution >= 4 is 16.8 Å². The Kier molecular flexibility index (Phi) is 7.10. The van der Waals surface area contributed by atoms with E-state index in [1.807, 2.05) is 37.3 Å². The Morgan fingerprint density at radius 1 is 1.12 bits per heavy atom. The van der Waals surface area contributed by atoms with E-state index in [0.717, 1.165) is 40.8 Å².